The molecule has 0 spiro atoms. The van der Waals surface area contributed by atoms with Gasteiger partial charge in [0.1, 0.15) is 22.4 Å². The van der Waals surface area contributed by atoms with E-state index in [9.17, 15) is 0 Å². The molecule has 3 rings (SSSR count). The standard InChI is InChI=1S/C13H14ClN5S/c1-3-9-15-11(4-2)19(18-9)7-10-16-12(14)8-5-6-20-13(8)17-10/h5-6H,3-4,7H2,1-2H3. The predicted molar refractivity (Wildman–Crippen MR) is 80.3 cm³/mol. The molecule has 3 aromatic rings. The number of hydrogen-bond acceptors (Lipinski definition) is 5. The first-order chi connectivity index (χ1) is 9.71. The van der Waals surface area contributed by atoms with Crippen LogP contribution in [0.2, 0.25) is 5.15 Å². The van der Waals surface area contributed by atoms with Crippen LogP contribution < -0.4 is 0 Å². The van der Waals surface area contributed by atoms with Crippen molar-refractivity contribution in [2.24, 2.45) is 0 Å². The summed E-state index contributed by atoms with van der Waals surface area (Å²) >= 11 is 7.75. The maximum Gasteiger partial charge on any atom is 0.153 e. The lowest BCUT2D eigenvalue weighted by atomic mass is 10.4. The minimum atomic E-state index is 0.500. The van der Waals surface area contributed by atoms with Gasteiger partial charge in [-0.1, -0.05) is 25.4 Å². The van der Waals surface area contributed by atoms with Gasteiger partial charge >= 0.3 is 0 Å². The van der Waals surface area contributed by atoms with Crippen molar-refractivity contribution in [2.75, 3.05) is 0 Å². The Morgan fingerprint density at radius 2 is 2.00 bits per heavy atom. The van der Waals surface area contributed by atoms with Crippen LogP contribution >= 0.6 is 22.9 Å². The minimum Gasteiger partial charge on any atom is -0.242 e. The average Bonchev–Trinajstić information content (AvgIpc) is 3.05. The Balaban J connectivity index is 1.98. The zero-order chi connectivity index (χ0) is 14.1. The summed E-state index contributed by atoms with van der Waals surface area (Å²) in [6, 6.07) is 1.94. The zero-order valence-corrected chi connectivity index (χ0v) is 12.9. The number of nitrogens with zero attached hydrogens (tertiary/aromatic N) is 5. The Hall–Kier alpha value is -1.53. The molecule has 0 radical (unpaired) electrons. The second-order valence-corrected chi connectivity index (χ2v) is 5.63. The van der Waals surface area contributed by atoms with Gasteiger partial charge in [-0.2, -0.15) is 5.10 Å². The van der Waals surface area contributed by atoms with Gasteiger partial charge in [0.2, 0.25) is 0 Å². The summed E-state index contributed by atoms with van der Waals surface area (Å²) < 4.78 is 1.87. The SMILES string of the molecule is CCc1nc(CC)n(Cc2nc(Cl)c3ccsc3n2)n1. The summed E-state index contributed by atoms with van der Waals surface area (Å²) in [6.07, 6.45) is 1.66. The Morgan fingerprint density at radius 3 is 2.75 bits per heavy atom. The molecule has 0 aliphatic rings. The third-order valence-corrected chi connectivity index (χ3v) is 4.14. The number of aromatic nitrogens is 5. The molecule has 0 unspecified atom stereocenters. The third-order valence-electron chi connectivity index (χ3n) is 3.04. The summed E-state index contributed by atoms with van der Waals surface area (Å²) in [5.41, 5.74) is 0. The van der Waals surface area contributed by atoms with Crippen LogP contribution in [0.25, 0.3) is 10.2 Å². The van der Waals surface area contributed by atoms with Crippen LogP contribution in [0.1, 0.15) is 31.3 Å². The van der Waals surface area contributed by atoms with Gasteiger partial charge in [-0.25, -0.2) is 19.6 Å². The van der Waals surface area contributed by atoms with E-state index in [1.54, 1.807) is 11.3 Å². The van der Waals surface area contributed by atoms with E-state index < -0.39 is 0 Å². The number of hydrogen-bond donors (Lipinski definition) is 0. The van der Waals surface area contributed by atoms with E-state index in [1.807, 2.05) is 23.1 Å². The highest BCUT2D eigenvalue weighted by atomic mass is 35.5. The topological polar surface area (TPSA) is 56.5 Å². The fourth-order valence-electron chi connectivity index (χ4n) is 2.03. The van der Waals surface area contributed by atoms with Crippen molar-refractivity contribution in [2.45, 2.75) is 33.2 Å². The first-order valence-electron chi connectivity index (χ1n) is 6.53. The van der Waals surface area contributed by atoms with E-state index >= 15 is 0 Å². The fourth-order valence-corrected chi connectivity index (χ4v) is 3.12. The summed E-state index contributed by atoms with van der Waals surface area (Å²) in [4.78, 5) is 14.3. The molecule has 3 aromatic heterocycles. The van der Waals surface area contributed by atoms with Crippen molar-refractivity contribution in [3.05, 3.63) is 34.1 Å². The van der Waals surface area contributed by atoms with Crippen LogP contribution in [0.5, 0.6) is 0 Å². The van der Waals surface area contributed by atoms with Crippen molar-refractivity contribution in [1.29, 1.82) is 0 Å². The normalized spacial score (nSPS) is 11.3. The predicted octanol–water partition coefficient (Wildman–Crippen LogP) is 3.11. The molecule has 104 valence electrons. The quantitative estimate of drug-likeness (QED) is 0.695. The molecular formula is C13H14ClN5S. The van der Waals surface area contributed by atoms with Crippen LogP contribution in [0.15, 0.2) is 11.4 Å². The minimum absolute atomic E-state index is 0.500. The Morgan fingerprint density at radius 1 is 1.15 bits per heavy atom. The summed E-state index contributed by atoms with van der Waals surface area (Å²) in [7, 11) is 0. The van der Waals surface area contributed by atoms with Gasteiger partial charge in [-0.15, -0.1) is 11.3 Å². The highest BCUT2D eigenvalue weighted by Crippen LogP contribution is 2.24. The van der Waals surface area contributed by atoms with Gasteiger partial charge in [0.05, 0.1) is 0 Å². The van der Waals surface area contributed by atoms with E-state index in [0.717, 1.165) is 34.7 Å². The van der Waals surface area contributed by atoms with Crippen LogP contribution in [0.3, 0.4) is 0 Å². The molecule has 0 bridgehead atoms. The molecule has 7 heteroatoms. The average molecular weight is 308 g/mol. The monoisotopic (exact) mass is 307 g/mol. The smallest absolute Gasteiger partial charge is 0.153 e. The van der Waals surface area contributed by atoms with Crippen molar-refractivity contribution in [3.8, 4) is 0 Å². The number of halogens is 1. The number of rotatable bonds is 4. The first kappa shape index (κ1) is 13.5. The Bertz CT molecular complexity index is 748. The number of thiophene rings is 1. The second kappa shape index (κ2) is 5.46. The highest BCUT2D eigenvalue weighted by molar-refractivity contribution is 7.16. The first-order valence-corrected chi connectivity index (χ1v) is 7.79. The van der Waals surface area contributed by atoms with Crippen molar-refractivity contribution in [1.82, 2.24) is 24.7 Å². The molecule has 0 saturated heterocycles. The second-order valence-electron chi connectivity index (χ2n) is 4.38. The van der Waals surface area contributed by atoms with E-state index in [2.05, 4.69) is 27.0 Å². The molecule has 0 saturated carbocycles. The van der Waals surface area contributed by atoms with Gasteiger partial charge in [0.25, 0.3) is 0 Å². The molecule has 0 aliphatic heterocycles. The highest BCUT2D eigenvalue weighted by Gasteiger charge is 2.11. The van der Waals surface area contributed by atoms with Gasteiger partial charge in [0.15, 0.2) is 11.6 Å². The van der Waals surface area contributed by atoms with Crippen LogP contribution in [0.4, 0.5) is 0 Å². The Kier molecular flexibility index (Phi) is 3.67. The summed E-state index contributed by atoms with van der Waals surface area (Å²) in [6.45, 7) is 4.62. The molecule has 0 aromatic carbocycles. The van der Waals surface area contributed by atoms with Gasteiger partial charge < -0.3 is 0 Å². The number of aryl methyl sites for hydroxylation is 2. The molecule has 0 fully saturated rings. The maximum absolute atomic E-state index is 6.19. The molecular weight excluding hydrogens is 294 g/mol. The maximum atomic E-state index is 6.19. The van der Waals surface area contributed by atoms with Gasteiger partial charge in [0, 0.05) is 18.2 Å². The van der Waals surface area contributed by atoms with Gasteiger partial charge in [-0.3, -0.25) is 0 Å². The van der Waals surface area contributed by atoms with Crippen LogP contribution in [0, 0.1) is 0 Å². The van der Waals surface area contributed by atoms with Crippen molar-refractivity contribution >= 4 is 33.2 Å². The number of fused-ring (bicyclic) bond motifs is 1. The van der Waals surface area contributed by atoms with Gasteiger partial charge in [-0.05, 0) is 11.4 Å². The van der Waals surface area contributed by atoms with Crippen LogP contribution in [-0.2, 0) is 19.4 Å². The van der Waals surface area contributed by atoms with Crippen molar-refractivity contribution < 1.29 is 0 Å². The van der Waals surface area contributed by atoms with E-state index in [4.69, 9.17) is 11.6 Å². The molecule has 0 amide bonds. The fraction of sp³-hybridized carbons (Fsp3) is 0.385. The lowest BCUT2D eigenvalue weighted by Crippen LogP contribution is -2.09. The largest absolute Gasteiger partial charge is 0.242 e. The molecule has 0 aliphatic carbocycles. The molecule has 20 heavy (non-hydrogen) atoms. The van der Waals surface area contributed by atoms with E-state index in [-0.39, 0.29) is 0 Å². The lowest BCUT2D eigenvalue weighted by molar-refractivity contribution is 0.616. The molecule has 3 heterocycles. The third kappa shape index (κ3) is 2.41. The zero-order valence-electron chi connectivity index (χ0n) is 11.3. The van der Waals surface area contributed by atoms with E-state index in [1.165, 1.54) is 0 Å². The Labute approximate surface area is 125 Å². The summed E-state index contributed by atoms with van der Waals surface area (Å²) in [5.74, 6) is 2.48. The van der Waals surface area contributed by atoms with Crippen LogP contribution in [-0.4, -0.2) is 24.7 Å². The lowest BCUT2D eigenvalue weighted by Gasteiger charge is -2.04. The molecule has 0 atom stereocenters. The van der Waals surface area contributed by atoms with Crippen molar-refractivity contribution in [3.63, 3.8) is 0 Å². The molecule has 0 N–H and O–H groups in total. The molecule has 5 nitrogen and oxygen atoms in total. The van der Waals surface area contributed by atoms with E-state index in [0.29, 0.717) is 17.5 Å². The summed E-state index contributed by atoms with van der Waals surface area (Å²) in [5, 5.41) is 7.85.